The fraction of sp³-hybridized carbons (Fsp3) is 0.667. The monoisotopic (exact) mass is 506 g/mol. The van der Waals surface area contributed by atoms with Crippen molar-refractivity contribution in [2.45, 2.75) is 84.0 Å². The first-order valence-corrected chi connectivity index (χ1v) is 13.6. The number of hydrogen-bond acceptors (Lipinski definition) is 5. The van der Waals surface area contributed by atoms with Crippen LogP contribution in [0.3, 0.4) is 0 Å². The molecule has 0 spiro atoms. The number of carbonyl (C=O) groups is 1. The third-order valence-corrected chi connectivity index (χ3v) is 8.29. The number of nitrogens with zero attached hydrogens (tertiary/aromatic N) is 1. The fourth-order valence-corrected chi connectivity index (χ4v) is 5.40. The minimum Gasteiger partial charge on any atom is -0.489 e. The molecule has 1 amide bonds. The zero-order valence-electron chi connectivity index (χ0n) is 22.3. The van der Waals surface area contributed by atoms with Gasteiger partial charge in [-0.1, -0.05) is 18.7 Å². The number of hydrogen-bond donors (Lipinski definition) is 1. The van der Waals surface area contributed by atoms with Crippen LogP contribution < -0.4 is 9.46 Å². The Kier molecular flexibility index (Phi) is 8.84. The van der Waals surface area contributed by atoms with E-state index in [9.17, 15) is 9.00 Å². The first-order chi connectivity index (χ1) is 16.3. The van der Waals surface area contributed by atoms with E-state index in [4.69, 9.17) is 14.2 Å². The normalized spacial score (nSPS) is 22.6. The molecule has 0 unspecified atom stereocenters. The van der Waals surface area contributed by atoms with Crippen LogP contribution in [0.25, 0.3) is 0 Å². The number of piperidine rings is 1. The zero-order chi connectivity index (χ0) is 26.0. The Labute approximate surface area is 213 Å². The number of ether oxygens (including phenoxy) is 3. The van der Waals surface area contributed by atoms with Crippen LogP contribution in [-0.4, -0.2) is 58.0 Å². The molecule has 2 saturated heterocycles. The standard InChI is InChI=1S/C27H42N2O5S/c1-9-14-32-22-16-19(3)18(2)15-21(22)24(28-35(31)26(4,5)6)20-10-12-29(13-11-20)25(30)23-17-33-27(7,8)34-23/h9,15-16,20,23-24,28H,1,10-14,17H2,2-8H3/t23-,24-,35+/m1/s1. The number of nitrogens with one attached hydrogen (secondary N) is 1. The molecule has 8 heteroatoms. The van der Waals surface area contributed by atoms with Gasteiger partial charge in [0.1, 0.15) is 12.4 Å². The maximum atomic E-state index is 13.2. The molecule has 3 atom stereocenters. The molecule has 1 aromatic carbocycles. The maximum Gasteiger partial charge on any atom is 0.254 e. The highest BCUT2D eigenvalue weighted by atomic mass is 32.2. The van der Waals surface area contributed by atoms with Crippen LogP contribution in [0.5, 0.6) is 5.75 Å². The van der Waals surface area contributed by atoms with E-state index in [1.165, 1.54) is 0 Å². The molecule has 2 heterocycles. The Morgan fingerprint density at radius 2 is 1.91 bits per heavy atom. The van der Waals surface area contributed by atoms with Crippen LogP contribution >= 0.6 is 0 Å². The fourth-order valence-electron chi connectivity index (χ4n) is 4.50. The van der Waals surface area contributed by atoms with Gasteiger partial charge in [-0.2, -0.15) is 0 Å². The summed E-state index contributed by atoms with van der Waals surface area (Å²) in [6.45, 7) is 19.4. The van der Waals surface area contributed by atoms with Crippen LogP contribution in [0.4, 0.5) is 0 Å². The van der Waals surface area contributed by atoms with Crippen LogP contribution in [0.15, 0.2) is 24.8 Å². The first-order valence-electron chi connectivity index (χ1n) is 12.5. The second-order valence-corrected chi connectivity index (χ2v) is 13.0. The maximum absolute atomic E-state index is 13.2. The summed E-state index contributed by atoms with van der Waals surface area (Å²) in [4.78, 5) is 14.9. The predicted molar refractivity (Wildman–Crippen MR) is 140 cm³/mol. The van der Waals surface area contributed by atoms with Crippen molar-refractivity contribution in [3.8, 4) is 5.75 Å². The largest absolute Gasteiger partial charge is 0.489 e. The van der Waals surface area contributed by atoms with E-state index in [2.05, 4.69) is 37.3 Å². The summed E-state index contributed by atoms with van der Waals surface area (Å²) in [6, 6.07) is 4.03. The average molecular weight is 507 g/mol. The Balaban J connectivity index is 1.83. The first kappa shape index (κ1) is 27.8. The Bertz CT molecular complexity index is 948. The van der Waals surface area contributed by atoms with Crippen molar-refractivity contribution < 1.29 is 23.2 Å². The number of rotatable bonds is 8. The van der Waals surface area contributed by atoms with E-state index < -0.39 is 27.6 Å². The lowest BCUT2D eigenvalue weighted by Crippen LogP contribution is -2.47. The van der Waals surface area contributed by atoms with Crippen molar-refractivity contribution in [3.05, 3.63) is 41.5 Å². The molecule has 1 N–H and O–H groups in total. The van der Waals surface area contributed by atoms with Gasteiger partial charge in [-0.15, -0.1) is 0 Å². The summed E-state index contributed by atoms with van der Waals surface area (Å²) in [5, 5.41) is 0. The Morgan fingerprint density at radius 3 is 2.46 bits per heavy atom. The summed E-state index contributed by atoms with van der Waals surface area (Å²) in [6.07, 6.45) is 2.75. The van der Waals surface area contributed by atoms with Gasteiger partial charge in [0.15, 0.2) is 11.9 Å². The van der Waals surface area contributed by atoms with Gasteiger partial charge in [-0.05, 0) is 84.4 Å². The van der Waals surface area contributed by atoms with Crippen LogP contribution in [0.1, 0.15) is 70.2 Å². The SMILES string of the molecule is C=CCOc1cc(C)c(C)cc1[C@H](N[S@@](=O)C(C)(C)C)C1CCN(C(=O)[C@H]2COC(C)(C)O2)CC1. The highest BCUT2D eigenvalue weighted by Crippen LogP contribution is 2.38. The lowest BCUT2D eigenvalue weighted by molar-refractivity contribution is -0.161. The summed E-state index contributed by atoms with van der Waals surface area (Å²) in [5.41, 5.74) is 3.31. The molecule has 7 nitrogen and oxygen atoms in total. The van der Waals surface area contributed by atoms with E-state index in [0.717, 1.165) is 35.3 Å². The van der Waals surface area contributed by atoms with Crippen molar-refractivity contribution in [1.29, 1.82) is 0 Å². The molecule has 0 saturated carbocycles. The van der Waals surface area contributed by atoms with E-state index >= 15 is 0 Å². The van der Waals surface area contributed by atoms with Crippen molar-refractivity contribution in [1.82, 2.24) is 9.62 Å². The van der Waals surface area contributed by atoms with Gasteiger partial charge in [0.2, 0.25) is 0 Å². The minimum absolute atomic E-state index is 0.0158. The molecular weight excluding hydrogens is 464 g/mol. The molecule has 0 bridgehead atoms. The highest BCUT2D eigenvalue weighted by molar-refractivity contribution is 7.84. The van der Waals surface area contributed by atoms with E-state index in [1.807, 2.05) is 39.5 Å². The number of amides is 1. The second kappa shape index (κ2) is 11.1. The number of carbonyl (C=O) groups excluding carboxylic acids is 1. The van der Waals surface area contributed by atoms with E-state index in [0.29, 0.717) is 19.7 Å². The lowest BCUT2D eigenvalue weighted by atomic mass is 9.84. The van der Waals surface area contributed by atoms with Crippen molar-refractivity contribution in [2.24, 2.45) is 5.92 Å². The molecule has 0 aromatic heterocycles. The minimum atomic E-state index is -1.27. The van der Waals surface area contributed by atoms with E-state index in [1.54, 1.807) is 6.08 Å². The number of likely N-dealkylation sites (tertiary alicyclic amines) is 1. The lowest BCUT2D eigenvalue weighted by Gasteiger charge is -2.38. The molecule has 2 aliphatic rings. The topological polar surface area (TPSA) is 77.1 Å². The molecule has 196 valence electrons. The van der Waals surface area contributed by atoms with Crippen LogP contribution in [0, 0.1) is 19.8 Å². The van der Waals surface area contributed by atoms with Gasteiger partial charge in [0, 0.05) is 18.7 Å². The van der Waals surface area contributed by atoms with Gasteiger partial charge in [0.05, 0.1) is 28.4 Å². The zero-order valence-corrected chi connectivity index (χ0v) is 23.1. The van der Waals surface area contributed by atoms with Gasteiger partial charge < -0.3 is 19.1 Å². The quantitative estimate of drug-likeness (QED) is 0.531. The summed E-state index contributed by atoms with van der Waals surface area (Å²) in [7, 11) is -1.27. The summed E-state index contributed by atoms with van der Waals surface area (Å²) >= 11 is 0. The van der Waals surface area contributed by atoms with Crippen LogP contribution in [0.2, 0.25) is 0 Å². The molecule has 0 radical (unpaired) electrons. The Hall–Kier alpha value is -1.74. The third kappa shape index (κ3) is 6.94. The smallest absolute Gasteiger partial charge is 0.254 e. The van der Waals surface area contributed by atoms with Crippen LogP contribution in [-0.2, 0) is 25.3 Å². The Morgan fingerprint density at radius 1 is 1.29 bits per heavy atom. The summed E-state index contributed by atoms with van der Waals surface area (Å²) < 4.78 is 33.7. The molecule has 3 rings (SSSR count). The second-order valence-electron chi connectivity index (χ2n) is 11.0. The van der Waals surface area contributed by atoms with Gasteiger partial charge in [-0.25, -0.2) is 8.93 Å². The van der Waals surface area contributed by atoms with Gasteiger partial charge >= 0.3 is 0 Å². The third-order valence-electron chi connectivity index (χ3n) is 6.71. The molecule has 35 heavy (non-hydrogen) atoms. The van der Waals surface area contributed by atoms with E-state index in [-0.39, 0.29) is 24.5 Å². The average Bonchev–Trinajstić information content (AvgIpc) is 3.16. The predicted octanol–water partition coefficient (Wildman–Crippen LogP) is 4.35. The van der Waals surface area contributed by atoms with Crippen molar-refractivity contribution in [3.63, 3.8) is 0 Å². The van der Waals surface area contributed by atoms with Crippen molar-refractivity contribution >= 4 is 16.9 Å². The highest BCUT2D eigenvalue weighted by Gasteiger charge is 2.41. The van der Waals surface area contributed by atoms with Crippen molar-refractivity contribution in [2.75, 3.05) is 26.3 Å². The number of benzene rings is 1. The van der Waals surface area contributed by atoms with Gasteiger partial charge in [-0.3, -0.25) is 4.79 Å². The molecule has 1 aromatic rings. The molecule has 2 aliphatic heterocycles. The van der Waals surface area contributed by atoms with Gasteiger partial charge in [0.25, 0.3) is 5.91 Å². The molecule has 0 aliphatic carbocycles. The molecule has 2 fully saturated rings. The summed E-state index contributed by atoms with van der Waals surface area (Å²) in [5.74, 6) is 0.234. The number of aryl methyl sites for hydroxylation is 2. The molecular formula is C27H42N2O5S.